The van der Waals surface area contributed by atoms with Crippen molar-refractivity contribution in [1.29, 1.82) is 0 Å². The summed E-state index contributed by atoms with van der Waals surface area (Å²) < 4.78 is 23.5. The van der Waals surface area contributed by atoms with Gasteiger partial charge in [0.1, 0.15) is 5.75 Å². The van der Waals surface area contributed by atoms with E-state index in [9.17, 15) is 9.36 Å². The first-order valence-corrected chi connectivity index (χ1v) is 9.77. The Balaban J connectivity index is 2.87. The minimum atomic E-state index is -3.29. The van der Waals surface area contributed by atoms with Crippen LogP contribution >= 0.6 is 18.2 Å². The molecule has 0 aromatic heterocycles. The molecule has 0 bridgehead atoms. The molecule has 0 saturated heterocycles. The van der Waals surface area contributed by atoms with Gasteiger partial charge in [0.2, 0.25) is 0 Å². The predicted octanol–water partition coefficient (Wildman–Crippen LogP) is 4.12. The van der Waals surface area contributed by atoms with Crippen molar-refractivity contribution in [2.45, 2.75) is 26.8 Å². The van der Waals surface area contributed by atoms with E-state index in [1.54, 1.807) is 31.2 Å². The molecule has 118 valence electrons. The molecule has 1 unspecified atom stereocenters. The van der Waals surface area contributed by atoms with Gasteiger partial charge in [0, 0.05) is 17.9 Å². The summed E-state index contributed by atoms with van der Waals surface area (Å²) in [7, 11) is 0. The van der Waals surface area contributed by atoms with Gasteiger partial charge in [-0.3, -0.25) is 4.52 Å². The molecule has 6 nitrogen and oxygen atoms in total. The number of benzene rings is 1. The van der Waals surface area contributed by atoms with Gasteiger partial charge in [0.25, 0.3) is 0 Å². The normalized spacial score (nSPS) is 13.4. The molecule has 1 aromatic rings. The van der Waals surface area contributed by atoms with E-state index in [1.807, 2.05) is 6.92 Å². The molecule has 1 atom stereocenters. The lowest BCUT2D eigenvalue weighted by Crippen LogP contribution is -2.20. The molecule has 0 aliphatic rings. The van der Waals surface area contributed by atoms with Crippen LogP contribution in [0.25, 0.3) is 0 Å². The Morgan fingerprint density at radius 3 is 2.71 bits per heavy atom. The van der Waals surface area contributed by atoms with Crippen LogP contribution in [0, 0.1) is 0 Å². The number of carboxylic acid groups (broad SMARTS) is 1. The number of para-hydroxylation sites is 1. The first-order chi connectivity index (χ1) is 10.0. The van der Waals surface area contributed by atoms with E-state index in [0.29, 0.717) is 17.1 Å². The fraction of sp³-hybridized carbons (Fsp3) is 0.462. The predicted molar refractivity (Wildman–Crippen MR) is 83.9 cm³/mol. The molecule has 8 heteroatoms. The average Bonchev–Trinajstić information content (AvgIpc) is 2.44. The van der Waals surface area contributed by atoms with Gasteiger partial charge in [0.05, 0.1) is 6.61 Å². The fourth-order valence-corrected chi connectivity index (χ4v) is 4.96. The van der Waals surface area contributed by atoms with Crippen LogP contribution in [0.15, 0.2) is 24.3 Å². The van der Waals surface area contributed by atoms with E-state index < -0.39 is 12.9 Å². The van der Waals surface area contributed by atoms with Gasteiger partial charge in [-0.2, -0.15) is 0 Å². The standard InChI is InChI=1S/C13H20NO5PS/c1-3-9-21-20(17,18-4-2)19-12-8-6-5-7-11(12)10-14-13(15)16/h5-8,14H,3-4,9-10H2,1-2H3,(H,15,16). The van der Waals surface area contributed by atoms with Crippen LogP contribution in [-0.2, 0) is 15.6 Å². The summed E-state index contributed by atoms with van der Waals surface area (Å²) in [6.45, 7) is 0.801. The Bertz CT molecular complexity index is 511. The number of amides is 1. The molecular formula is C13H20NO5PS. The maximum atomic E-state index is 12.6. The van der Waals surface area contributed by atoms with Crippen LogP contribution in [0.4, 0.5) is 4.79 Å². The van der Waals surface area contributed by atoms with Gasteiger partial charge in [0.15, 0.2) is 0 Å². The third-order valence-electron chi connectivity index (χ3n) is 2.35. The summed E-state index contributed by atoms with van der Waals surface area (Å²) in [6, 6.07) is 6.86. The molecule has 1 rings (SSSR count). The van der Waals surface area contributed by atoms with Gasteiger partial charge >= 0.3 is 12.9 Å². The lowest BCUT2D eigenvalue weighted by atomic mass is 10.2. The second kappa shape index (κ2) is 8.97. The van der Waals surface area contributed by atoms with Gasteiger partial charge in [-0.05, 0) is 30.8 Å². The molecule has 2 N–H and O–H groups in total. The number of hydrogen-bond donors (Lipinski definition) is 2. The minimum Gasteiger partial charge on any atom is -0.465 e. The molecule has 0 fully saturated rings. The van der Waals surface area contributed by atoms with Gasteiger partial charge < -0.3 is 14.9 Å². The monoisotopic (exact) mass is 333 g/mol. The molecule has 1 amide bonds. The smallest absolute Gasteiger partial charge is 0.440 e. The molecule has 0 spiro atoms. The summed E-state index contributed by atoms with van der Waals surface area (Å²) in [5, 5.41) is 10.9. The molecule has 0 radical (unpaired) electrons. The second-order valence-corrected chi connectivity index (χ2v) is 8.17. The zero-order valence-corrected chi connectivity index (χ0v) is 13.8. The van der Waals surface area contributed by atoms with E-state index in [2.05, 4.69) is 5.32 Å². The van der Waals surface area contributed by atoms with Crippen LogP contribution in [0.1, 0.15) is 25.8 Å². The first kappa shape index (κ1) is 17.9. The summed E-state index contributed by atoms with van der Waals surface area (Å²) in [6.07, 6.45) is -0.272. The Labute approximate surface area is 128 Å². The Morgan fingerprint density at radius 2 is 2.10 bits per heavy atom. The van der Waals surface area contributed by atoms with Crippen molar-refractivity contribution >= 4 is 24.3 Å². The summed E-state index contributed by atoms with van der Waals surface area (Å²) >= 11 is 1.15. The zero-order chi connectivity index (χ0) is 15.7. The van der Waals surface area contributed by atoms with Crippen molar-refractivity contribution in [3.63, 3.8) is 0 Å². The van der Waals surface area contributed by atoms with Crippen molar-refractivity contribution in [3.8, 4) is 5.75 Å². The van der Waals surface area contributed by atoms with Crippen LogP contribution in [0.2, 0.25) is 0 Å². The molecule has 1 aromatic carbocycles. The van der Waals surface area contributed by atoms with E-state index in [0.717, 1.165) is 17.8 Å². The summed E-state index contributed by atoms with van der Waals surface area (Å²) in [5.41, 5.74) is 0.608. The number of carbonyl (C=O) groups is 1. The van der Waals surface area contributed by atoms with Crippen LogP contribution < -0.4 is 9.84 Å². The molecule has 21 heavy (non-hydrogen) atoms. The van der Waals surface area contributed by atoms with Gasteiger partial charge in [-0.1, -0.05) is 25.1 Å². The third kappa shape index (κ3) is 6.42. The van der Waals surface area contributed by atoms with E-state index in [-0.39, 0.29) is 13.2 Å². The molecular weight excluding hydrogens is 313 g/mol. The van der Waals surface area contributed by atoms with E-state index >= 15 is 0 Å². The number of rotatable bonds is 9. The van der Waals surface area contributed by atoms with Crippen LogP contribution in [0.5, 0.6) is 5.75 Å². The van der Waals surface area contributed by atoms with E-state index in [4.69, 9.17) is 14.2 Å². The van der Waals surface area contributed by atoms with Crippen molar-refractivity contribution < 1.29 is 23.5 Å². The quantitative estimate of drug-likeness (QED) is 0.661. The Hall–Kier alpha value is -1.17. The van der Waals surface area contributed by atoms with Gasteiger partial charge in [-0.25, -0.2) is 9.36 Å². The zero-order valence-electron chi connectivity index (χ0n) is 12.1. The number of nitrogens with one attached hydrogen (secondary N) is 1. The topological polar surface area (TPSA) is 84.9 Å². The lowest BCUT2D eigenvalue weighted by molar-refractivity contribution is 0.194. The maximum absolute atomic E-state index is 12.6. The maximum Gasteiger partial charge on any atom is 0.440 e. The average molecular weight is 333 g/mol. The van der Waals surface area contributed by atoms with E-state index in [1.165, 1.54) is 0 Å². The fourth-order valence-electron chi connectivity index (χ4n) is 1.48. The highest BCUT2D eigenvalue weighted by Crippen LogP contribution is 2.60. The highest BCUT2D eigenvalue weighted by atomic mass is 32.7. The second-order valence-electron chi connectivity index (χ2n) is 4.06. The minimum absolute atomic E-state index is 0.0794. The Kier molecular flexibility index (Phi) is 7.64. The molecule has 0 heterocycles. The van der Waals surface area contributed by atoms with Crippen LogP contribution in [-0.4, -0.2) is 23.6 Å². The SMILES string of the molecule is CCCSP(=O)(OCC)Oc1ccccc1CNC(=O)O. The Morgan fingerprint density at radius 1 is 1.38 bits per heavy atom. The van der Waals surface area contributed by atoms with Crippen molar-refractivity contribution in [2.24, 2.45) is 0 Å². The van der Waals surface area contributed by atoms with Crippen molar-refractivity contribution in [2.75, 3.05) is 12.4 Å². The first-order valence-electron chi connectivity index (χ1n) is 6.64. The summed E-state index contributed by atoms with van der Waals surface area (Å²) in [4.78, 5) is 10.6. The highest BCUT2D eigenvalue weighted by molar-refractivity contribution is 8.55. The van der Waals surface area contributed by atoms with Gasteiger partial charge in [-0.15, -0.1) is 0 Å². The number of hydrogen-bond acceptors (Lipinski definition) is 5. The molecule has 0 aliphatic carbocycles. The summed E-state index contributed by atoms with van der Waals surface area (Å²) in [5.74, 6) is 1.03. The highest BCUT2D eigenvalue weighted by Gasteiger charge is 2.27. The lowest BCUT2D eigenvalue weighted by Gasteiger charge is -2.19. The largest absolute Gasteiger partial charge is 0.465 e. The van der Waals surface area contributed by atoms with Crippen molar-refractivity contribution in [3.05, 3.63) is 29.8 Å². The third-order valence-corrected chi connectivity index (χ3v) is 6.29. The van der Waals surface area contributed by atoms with Crippen molar-refractivity contribution in [1.82, 2.24) is 5.32 Å². The molecule has 0 aliphatic heterocycles. The van der Waals surface area contributed by atoms with Crippen LogP contribution in [0.3, 0.4) is 0 Å². The molecule has 0 saturated carbocycles.